The van der Waals surface area contributed by atoms with Crippen LogP contribution in [0.5, 0.6) is 5.75 Å². The van der Waals surface area contributed by atoms with Crippen LogP contribution in [-0.4, -0.2) is 30.9 Å². The Balaban J connectivity index is 2.61. The fraction of sp³-hybridized carbons (Fsp3) is 0.429. The minimum Gasteiger partial charge on any atom is -0.493 e. The van der Waals surface area contributed by atoms with Gasteiger partial charge in [-0.3, -0.25) is 4.79 Å². The van der Waals surface area contributed by atoms with Crippen LogP contribution in [-0.2, 0) is 14.3 Å². The average Bonchev–Trinajstić information content (AvgIpc) is 2.74. The number of rotatable bonds is 10. The maximum Gasteiger partial charge on any atom is 0.408 e. The largest absolute Gasteiger partial charge is 0.493 e. The molecule has 1 atom stereocenters. The molecule has 2 aromatic carbocycles. The lowest BCUT2D eigenvalue weighted by molar-refractivity contribution is -0.143. The molecule has 0 aliphatic carbocycles. The lowest BCUT2D eigenvalue weighted by Gasteiger charge is -2.25. The number of amides is 1. The molecule has 36 heavy (non-hydrogen) atoms. The Morgan fingerprint density at radius 3 is 2.42 bits per heavy atom. The van der Waals surface area contributed by atoms with Gasteiger partial charge in [-0.15, -0.1) is 6.58 Å². The lowest BCUT2D eigenvalue weighted by atomic mass is 9.92. The summed E-state index contributed by atoms with van der Waals surface area (Å²) in [5.41, 5.74) is 1.28. The predicted molar refractivity (Wildman–Crippen MR) is 135 cm³/mol. The molecule has 0 aliphatic heterocycles. The second-order valence-corrected chi connectivity index (χ2v) is 9.43. The van der Waals surface area contributed by atoms with E-state index in [1.54, 1.807) is 53.7 Å². The highest BCUT2D eigenvalue weighted by molar-refractivity contribution is 5.77. The normalized spacial score (nSPS) is 12.0. The van der Waals surface area contributed by atoms with Crippen molar-refractivity contribution >= 4 is 12.1 Å². The third-order valence-corrected chi connectivity index (χ3v) is 5.16. The van der Waals surface area contributed by atoms with E-state index in [-0.39, 0.29) is 30.8 Å². The van der Waals surface area contributed by atoms with Gasteiger partial charge in [0.15, 0.2) is 0 Å². The van der Waals surface area contributed by atoms with Crippen LogP contribution in [0.4, 0.5) is 13.6 Å². The maximum atomic E-state index is 15.4. The van der Waals surface area contributed by atoms with Crippen LogP contribution in [0.2, 0.25) is 0 Å². The monoisotopic (exact) mass is 503 g/mol. The zero-order chi connectivity index (χ0) is 27.0. The van der Waals surface area contributed by atoms with Crippen molar-refractivity contribution in [3.05, 3.63) is 65.2 Å². The van der Waals surface area contributed by atoms with Gasteiger partial charge in [-0.25, -0.2) is 13.6 Å². The van der Waals surface area contributed by atoms with Gasteiger partial charge in [0, 0.05) is 17.2 Å². The molecule has 0 radical (unpaired) electrons. The third-order valence-electron chi connectivity index (χ3n) is 5.16. The van der Waals surface area contributed by atoms with Crippen molar-refractivity contribution in [2.24, 2.45) is 0 Å². The van der Waals surface area contributed by atoms with Crippen LogP contribution in [0.25, 0.3) is 11.1 Å². The summed E-state index contributed by atoms with van der Waals surface area (Å²) in [5, 5.41) is 2.60. The number of hydrogen-bond donors (Lipinski definition) is 1. The lowest BCUT2D eigenvalue weighted by Crippen LogP contribution is -2.36. The van der Waals surface area contributed by atoms with E-state index in [4.69, 9.17) is 14.2 Å². The topological polar surface area (TPSA) is 73.9 Å². The number of esters is 1. The summed E-state index contributed by atoms with van der Waals surface area (Å²) in [7, 11) is 0. The predicted octanol–water partition coefficient (Wildman–Crippen LogP) is 6.72. The van der Waals surface area contributed by atoms with Gasteiger partial charge in [-0.05, 0) is 82.9 Å². The molecule has 0 spiro atoms. The molecule has 0 aliphatic rings. The van der Waals surface area contributed by atoms with Gasteiger partial charge in [0.2, 0.25) is 0 Å². The van der Waals surface area contributed by atoms with Crippen molar-refractivity contribution in [3.8, 4) is 16.9 Å². The van der Waals surface area contributed by atoms with E-state index in [1.807, 2.05) is 0 Å². The number of nitrogens with one attached hydrogen (secondary N) is 1. The van der Waals surface area contributed by atoms with E-state index in [1.165, 1.54) is 18.2 Å². The first-order valence-electron chi connectivity index (χ1n) is 11.9. The molecule has 0 fully saturated rings. The fourth-order valence-corrected chi connectivity index (χ4v) is 3.72. The van der Waals surface area contributed by atoms with Crippen LogP contribution in [0.15, 0.2) is 36.9 Å². The van der Waals surface area contributed by atoms with Crippen LogP contribution in [0.1, 0.15) is 63.3 Å². The second-order valence-electron chi connectivity index (χ2n) is 9.43. The van der Waals surface area contributed by atoms with E-state index in [2.05, 4.69) is 11.9 Å². The van der Waals surface area contributed by atoms with Gasteiger partial charge >= 0.3 is 12.1 Å². The summed E-state index contributed by atoms with van der Waals surface area (Å²) in [6.07, 6.45) is 1.14. The smallest absolute Gasteiger partial charge is 0.408 e. The van der Waals surface area contributed by atoms with Crippen molar-refractivity contribution in [1.29, 1.82) is 0 Å². The molecular weight excluding hydrogens is 468 g/mol. The second kappa shape index (κ2) is 12.5. The Morgan fingerprint density at radius 1 is 1.11 bits per heavy atom. The van der Waals surface area contributed by atoms with E-state index in [0.717, 1.165) is 0 Å². The van der Waals surface area contributed by atoms with E-state index < -0.39 is 35.3 Å². The van der Waals surface area contributed by atoms with Crippen molar-refractivity contribution < 1.29 is 32.6 Å². The van der Waals surface area contributed by atoms with Crippen molar-refractivity contribution in [1.82, 2.24) is 5.32 Å². The molecule has 0 unspecified atom stereocenters. The zero-order valence-electron chi connectivity index (χ0n) is 21.8. The van der Waals surface area contributed by atoms with E-state index in [9.17, 15) is 14.0 Å². The first-order chi connectivity index (χ1) is 16.9. The summed E-state index contributed by atoms with van der Waals surface area (Å²) in [5.74, 6) is -1.35. The van der Waals surface area contributed by atoms with Gasteiger partial charge < -0.3 is 19.5 Å². The molecule has 8 heteroatoms. The van der Waals surface area contributed by atoms with E-state index in [0.29, 0.717) is 28.9 Å². The molecule has 0 saturated carbocycles. The Morgan fingerprint density at radius 2 is 1.81 bits per heavy atom. The Kier molecular flexibility index (Phi) is 10.0. The molecule has 2 rings (SSSR count). The van der Waals surface area contributed by atoms with Crippen molar-refractivity contribution in [3.63, 3.8) is 0 Å². The van der Waals surface area contributed by atoms with Crippen LogP contribution >= 0.6 is 0 Å². The van der Waals surface area contributed by atoms with Crippen LogP contribution in [0.3, 0.4) is 0 Å². The third kappa shape index (κ3) is 8.07. The first-order valence-corrected chi connectivity index (χ1v) is 11.9. The first kappa shape index (κ1) is 28.8. The fourth-order valence-electron chi connectivity index (χ4n) is 3.72. The van der Waals surface area contributed by atoms with Crippen LogP contribution < -0.4 is 10.1 Å². The van der Waals surface area contributed by atoms with E-state index >= 15 is 4.39 Å². The summed E-state index contributed by atoms with van der Waals surface area (Å²) in [6, 6.07) is 4.73. The number of alkyl carbamates (subject to hydrolysis) is 1. The molecule has 0 aromatic heterocycles. The van der Waals surface area contributed by atoms with Gasteiger partial charge in [-0.1, -0.05) is 6.08 Å². The van der Waals surface area contributed by atoms with Gasteiger partial charge in [0.05, 0.1) is 25.7 Å². The number of benzene rings is 2. The number of carbonyl (C=O) groups is 2. The quantitative estimate of drug-likeness (QED) is 0.221. The molecule has 6 nitrogen and oxygen atoms in total. The minimum atomic E-state index is -1.07. The van der Waals surface area contributed by atoms with Gasteiger partial charge in [0.25, 0.3) is 0 Å². The summed E-state index contributed by atoms with van der Waals surface area (Å²) >= 11 is 0. The van der Waals surface area contributed by atoms with Gasteiger partial charge in [-0.2, -0.15) is 0 Å². The molecule has 196 valence electrons. The van der Waals surface area contributed by atoms with Crippen molar-refractivity contribution in [2.75, 3.05) is 13.2 Å². The molecule has 0 bridgehead atoms. The number of aryl methyl sites for hydroxylation is 2. The van der Waals surface area contributed by atoms with Gasteiger partial charge in [0.1, 0.15) is 23.0 Å². The highest BCUT2D eigenvalue weighted by Crippen LogP contribution is 2.38. The number of halogens is 2. The Labute approximate surface area is 211 Å². The summed E-state index contributed by atoms with van der Waals surface area (Å²) < 4.78 is 45.8. The number of carbonyl (C=O) groups excluding carboxylic acids is 2. The SMILES string of the molecule is C=CCCOc1cc(F)cc(C)c1-c1cc(C)c(F)c([C@H](CC(=O)OCC)NC(=O)OC(C)(C)C)c1. The highest BCUT2D eigenvalue weighted by Gasteiger charge is 2.27. The number of hydrogen-bond acceptors (Lipinski definition) is 5. The summed E-state index contributed by atoms with van der Waals surface area (Å²) in [6.45, 7) is 14.1. The van der Waals surface area contributed by atoms with Crippen molar-refractivity contribution in [2.45, 2.75) is 66.0 Å². The van der Waals surface area contributed by atoms with Crippen LogP contribution in [0, 0.1) is 25.5 Å². The Hall–Kier alpha value is -3.42. The Bertz CT molecular complexity index is 1110. The summed E-state index contributed by atoms with van der Waals surface area (Å²) in [4.78, 5) is 24.9. The zero-order valence-corrected chi connectivity index (χ0v) is 21.8. The molecule has 0 heterocycles. The standard InChI is InChI=1S/C28H35F2NO5/c1-8-10-11-35-23-15-20(29)13-17(3)25(23)19-12-18(4)26(30)21(14-19)22(16-24(32)34-9-2)31-27(33)36-28(5,6)7/h8,12-15,22H,1,9-11,16H2,2-7H3,(H,31,33)/t22-/m0/s1. The molecular formula is C28H35F2NO5. The molecule has 1 amide bonds. The minimum absolute atomic E-state index is 0.0738. The maximum absolute atomic E-state index is 15.4. The average molecular weight is 504 g/mol. The molecule has 1 N–H and O–H groups in total. The molecule has 0 saturated heterocycles. The number of ether oxygens (including phenoxy) is 3. The highest BCUT2D eigenvalue weighted by atomic mass is 19.1. The molecule has 2 aromatic rings.